The molecule has 1 aromatic carbocycles. The second-order valence-electron chi connectivity index (χ2n) is 6.06. The smallest absolute Gasteiger partial charge is 0.270 e. The van der Waals surface area contributed by atoms with Crippen LogP contribution in [-0.2, 0) is 6.54 Å². The highest BCUT2D eigenvalue weighted by atomic mass is 16.1. The van der Waals surface area contributed by atoms with Gasteiger partial charge in [0.05, 0.1) is 11.9 Å². The molecule has 1 heterocycles. The second-order valence-corrected chi connectivity index (χ2v) is 6.06. The van der Waals surface area contributed by atoms with Crippen LogP contribution in [0, 0.1) is 6.92 Å². The van der Waals surface area contributed by atoms with Gasteiger partial charge in [-0.2, -0.15) is 0 Å². The van der Waals surface area contributed by atoms with E-state index < -0.39 is 0 Å². The fourth-order valence-corrected chi connectivity index (χ4v) is 2.71. The lowest BCUT2D eigenvalue weighted by atomic mass is 10.1. The van der Waals surface area contributed by atoms with Crippen LogP contribution in [-0.4, -0.2) is 24.0 Å². The summed E-state index contributed by atoms with van der Waals surface area (Å²) in [7, 11) is 0. The summed E-state index contributed by atoms with van der Waals surface area (Å²) in [4.78, 5) is 18.9. The van der Waals surface area contributed by atoms with Crippen LogP contribution >= 0.6 is 0 Å². The number of carbonyl (C=O) groups excluding carboxylic acids is 1. The van der Waals surface area contributed by atoms with Crippen molar-refractivity contribution in [3.8, 4) is 0 Å². The molecule has 0 spiro atoms. The van der Waals surface area contributed by atoms with E-state index in [-0.39, 0.29) is 5.91 Å². The zero-order valence-electron chi connectivity index (χ0n) is 14.9. The van der Waals surface area contributed by atoms with Crippen molar-refractivity contribution in [2.24, 2.45) is 0 Å². The van der Waals surface area contributed by atoms with Gasteiger partial charge in [-0.05, 0) is 37.5 Å². The number of hydrogen-bond donors (Lipinski definition) is 1. The normalized spacial score (nSPS) is 10.5. The third kappa shape index (κ3) is 5.08. The van der Waals surface area contributed by atoms with Gasteiger partial charge in [0.1, 0.15) is 5.69 Å². The maximum atomic E-state index is 12.2. The molecule has 1 aromatic heterocycles. The van der Waals surface area contributed by atoms with Crippen molar-refractivity contribution in [2.75, 3.05) is 18.0 Å². The molecular weight excluding hydrogens is 298 g/mol. The predicted octanol–water partition coefficient (Wildman–Crippen LogP) is 3.95. The van der Waals surface area contributed by atoms with Crippen molar-refractivity contribution in [1.29, 1.82) is 0 Å². The summed E-state index contributed by atoms with van der Waals surface area (Å²) < 4.78 is 0. The van der Waals surface area contributed by atoms with Crippen LogP contribution in [0.2, 0.25) is 0 Å². The highest BCUT2D eigenvalue weighted by Gasteiger charge is 2.09. The van der Waals surface area contributed by atoms with E-state index in [0.29, 0.717) is 12.2 Å². The van der Waals surface area contributed by atoms with Gasteiger partial charge in [-0.25, -0.2) is 4.98 Å². The van der Waals surface area contributed by atoms with Crippen molar-refractivity contribution in [1.82, 2.24) is 10.3 Å². The molecule has 4 nitrogen and oxygen atoms in total. The molecule has 0 saturated heterocycles. The maximum Gasteiger partial charge on any atom is 0.270 e. The van der Waals surface area contributed by atoms with Crippen LogP contribution in [0.4, 0.5) is 5.69 Å². The molecule has 0 bridgehead atoms. The van der Waals surface area contributed by atoms with Crippen LogP contribution < -0.4 is 10.2 Å². The number of amides is 1. The van der Waals surface area contributed by atoms with E-state index in [1.165, 1.54) is 5.56 Å². The summed E-state index contributed by atoms with van der Waals surface area (Å²) in [6, 6.07) is 11.9. The SMILES string of the molecule is CCCN(CCC)c1ccc(C(=O)NCc2cccc(C)c2)nc1. The molecule has 1 amide bonds. The van der Waals surface area contributed by atoms with Crippen LogP contribution in [0.3, 0.4) is 0 Å². The van der Waals surface area contributed by atoms with Gasteiger partial charge in [0.2, 0.25) is 0 Å². The second kappa shape index (κ2) is 9.06. The minimum atomic E-state index is -0.138. The van der Waals surface area contributed by atoms with Crippen molar-refractivity contribution >= 4 is 11.6 Å². The van der Waals surface area contributed by atoms with E-state index in [0.717, 1.165) is 37.2 Å². The lowest BCUT2D eigenvalue weighted by Gasteiger charge is -2.23. The van der Waals surface area contributed by atoms with E-state index >= 15 is 0 Å². The molecule has 0 aliphatic carbocycles. The monoisotopic (exact) mass is 325 g/mol. The highest BCUT2D eigenvalue weighted by Crippen LogP contribution is 2.14. The molecule has 24 heavy (non-hydrogen) atoms. The topological polar surface area (TPSA) is 45.2 Å². The predicted molar refractivity (Wildman–Crippen MR) is 99.4 cm³/mol. The Morgan fingerprint density at radius 1 is 1.12 bits per heavy atom. The number of rotatable bonds is 8. The molecule has 0 aliphatic rings. The summed E-state index contributed by atoms with van der Waals surface area (Å²) in [5.74, 6) is -0.138. The number of hydrogen-bond acceptors (Lipinski definition) is 3. The van der Waals surface area contributed by atoms with E-state index in [4.69, 9.17) is 0 Å². The first-order chi connectivity index (χ1) is 11.6. The molecule has 0 atom stereocenters. The largest absolute Gasteiger partial charge is 0.370 e. The summed E-state index contributed by atoms with van der Waals surface area (Å²) in [6.07, 6.45) is 3.99. The van der Waals surface area contributed by atoms with Gasteiger partial charge in [0, 0.05) is 19.6 Å². The first-order valence-corrected chi connectivity index (χ1v) is 8.68. The maximum absolute atomic E-state index is 12.2. The molecule has 2 aromatic rings. The number of nitrogens with one attached hydrogen (secondary N) is 1. The highest BCUT2D eigenvalue weighted by molar-refractivity contribution is 5.92. The zero-order valence-corrected chi connectivity index (χ0v) is 14.9. The van der Waals surface area contributed by atoms with E-state index in [2.05, 4.69) is 35.1 Å². The number of benzene rings is 1. The Hall–Kier alpha value is -2.36. The third-order valence-electron chi connectivity index (χ3n) is 3.87. The standard InChI is InChI=1S/C20H27N3O/c1-4-11-23(12-5-2)18-9-10-19(21-15-18)20(24)22-14-17-8-6-7-16(3)13-17/h6-10,13,15H,4-5,11-12,14H2,1-3H3,(H,22,24). The quantitative estimate of drug-likeness (QED) is 0.799. The van der Waals surface area contributed by atoms with Gasteiger partial charge >= 0.3 is 0 Å². The van der Waals surface area contributed by atoms with E-state index in [9.17, 15) is 4.79 Å². The third-order valence-corrected chi connectivity index (χ3v) is 3.87. The van der Waals surface area contributed by atoms with Crippen molar-refractivity contribution in [3.05, 3.63) is 59.4 Å². The van der Waals surface area contributed by atoms with Gasteiger partial charge in [0.25, 0.3) is 5.91 Å². The molecule has 0 aliphatic heterocycles. The first kappa shape index (κ1) is 18.0. The number of nitrogens with zero attached hydrogens (tertiary/aromatic N) is 2. The summed E-state index contributed by atoms with van der Waals surface area (Å²) in [5.41, 5.74) is 3.82. The van der Waals surface area contributed by atoms with Gasteiger partial charge in [-0.15, -0.1) is 0 Å². The lowest BCUT2D eigenvalue weighted by molar-refractivity contribution is 0.0946. The summed E-state index contributed by atoms with van der Waals surface area (Å²) >= 11 is 0. The van der Waals surface area contributed by atoms with Crippen LogP contribution in [0.15, 0.2) is 42.6 Å². The number of carbonyl (C=O) groups is 1. The molecule has 0 radical (unpaired) electrons. The Labute approximate surface area is 144 Å². The van der Waals surface area contributed by atoms with Gasteiger partial charge in [-0.3, -0.25) is 4.79 Å². The number of anilines is 1. The van der Waals surface area contributed by atoms with Crippen LogP contribution in [0.5, 0.6) is 0 Å². The molecule has 0 unspecified atom stereocenters. The van der Waals surface area contributed by atoms with Gasteiger partial charge < -0.3 is 10.2 Å². The average Bonchev–Trinajstić information content (AvgIpc) is 2.60. The Morgan fingerprint density at radius 2 is 1.88 bits per heavy atom. The Morgan fingerprint density at radius 3 is 2.46 bits per heavy atom. The fraction of sp³-hybridized carbons (Fsp3) is 0.400. The molecule has 0 saturated carbocycles. The number of pyridine rings is 1. The zero-order chi connectivity index (χ0) is 17.4. The lowest BCUT2D eigenvalue weighted by Crippen LogP contribution is -2.26. The van der Waals surface area contributed by atoms with Crippen molar-refractivity contribution in [2.45, 2.75) is 40.2 Å². The van der Waals surface area contributed by atoms with Crippen molar-refractivity contribution in [3.63, 3.8) is 0 Å². The Kier molecular flexibility index (Phi) is 6.79. The van der Waals surface area contributed by atoms with Gasteiger partial charge in [-0.1, -0.05) is 43.7 Å². The van der Waals surface area contributed by atoms with Crippen molar-refractivity contribution < 1.29 is 4.79 Å². The van der Waals surface area contributed by atoms with Crippen LogP contribution in [0.25, 0.3) is 0 Å². The van der Waals surface area contributed by atoms with E-state index in [1.807, 2.05) is 31.2 Å². The summed E-state index contributed by atoms with van der Waals surface area (Å²) in [6.45, 7) is 8.92. The first-order valence-electron chi connectivity index (χ1n) is 8.68. The number of aromatic nitrogens is 1. The van der Waals surface area contributed by atoms with Gasteiger partial charge in [0.15, 0.2) is 0 Å². The molecule has 4 heteroatoms. The molecule has 1 N–H and O–H groups in total. The number of aryl methyl sites for hydroxylation is 1. The molecule has 2 rings (SSSR count). The minimum absolute atomic E-state index is 0.138. The molecular formula is C20H27N3O. The Bertz CT molecular complexity index is 646. The summed E-state index contributed by atoms with van der Waals surface area (Å²) in [5, 5.41) is 2.93. The Balaban J connectivity index is 1.97. The minimum Gasteiger partial charge on any atom is -0.370 e. The van der Waals surface area contributed by atoms with E-state index in [1.54, 1.807) is 12.3 Å². The van der Waals surface area contributed by atoms with Crippen LogP contribution in [0.1, 0.15) is 48.3 Å². The fourth-order valence-electron chi connectivity index (χ4n) is 2.71. The molecule has 128 valence electrons. The average molecular weight is 325 g/mol. The molecule has 0 fully saturated rings.